The van der Waals surface area contributed by atoms with Crippen LogP contribution in [0.25, 0.3) is 0 Å². The SMILES string of the molecule is COC(=O)c1ccc(NC(=O)CN(Cc2ccco2)S(=O)(=O)c2ccc(Cl)nc2)cc1. The van der Waals surface area contributed by atoms with E-state index in [0.29, 0.717) is 17.0 Å². The highest BCUT2D eigenvalue weighted by Crippen LogP contribution is 2.20. The zero-order valence-electron chi connectivity index (χ0n) is 16.3. The van der Waals surface area contributed by atoms with Gasteiger partial charge in [0, 0.05) is 11.9 Å². The Bertz CT molecular complexity index is 1150. The van der Waals surface area contributed by atoms with E-state index in [1.165, 1.54) is 49.8 Å². The van der Waals surface area contributed by atoms with Crippen LogP contribution in [0.1, 0.15) is 16.1 Å². The number of sulfonamides is 1. The molecule has 0 unspecified atom stereocenters. The summed E-state index contributed by atoms with van der Waals surface area (Å²) in [6.45, 7) is -0.642. The van der Waals surface area contributed by atoms with Crippen molar-refractivity contribution in [3.63, 3.8) is 0 Å². The number of nitrogens with zero attached hydrogens (tertiary/aromatic N) is 2. The zero-order valence-corrected chi connectivity index (χ0v) is 17.9. The second kappa shape index (κ2) is 9.73. The number of hydrogen-bond donors (Lipinski definition) is 1. The third kappa shape index (κ3) is 5.69. The van der Waals surface area contributed by atoms with Gasteiger partial charge in [0.05, 0.1) is 32.0 Å². The van der Waals surface area contributed by atoms with E-state index in [2.05, 4.69) is 15.0 Å². The van der Waals surface area contributed by atoms with Crippen LogP contribution in [0.15, 0.2) is 70.3 Å². The molecule has 0 bridgehead atoms. The third-order valence-electron chi connectivity index (χ3n) is 4.16. The Morgan fingerprint density at radius 3 is 2.48 bits per heavy atom. The lowest BCUT2D eigenvalue weighted by molar-refractivity contribution is -0.116. The fourth-order valence-electron chi connectivity index (χ4n) is 2.63. The summed E-state index contributed by atoms with van der Waals surface area (Å²) in [6, 6.07) is 11.9. The van der Waals surface area contributed by atoms with Gasteiger partial charge in [-0.25, -0.2) is 18.2 Å². The molecule has 0 atom stereocenters. The first-order valence-electron chi connectivity index (χ1n) is 8.92. The molecule has 11 heteroatoms. The van der Waals surface area contributed by atoms with Gasteiger partial charge in [-0.3, -0.25) is 4.79 Å². The van der Waals surface area contributed by atoms with Crippen LogP contribution in [0, 0.1) is 0 Å². The van der Waals surface area contributed by atoms with Crippen LogP contribution in [0.2, 0.25) is 5.15 Å². The van der Waals surface area contributed by atoms with Gasteiger partial charge < -0.3 is 14.5 Å². The predicted octanol–water partition coefficient (Wildman–Crippen LogP) is 2.94. The second-order valence-electron chi connectivity index (χ2n) is 6.29. The summed E-state index contributed by atoms with van der Waals surface area (Å²) in [5, 5.41) is 2.75. The van der Waals surface area contributed by atoms with Crippen LogP contribution >= 0.6 is 11.6 Å². The normalized spacial score (nSPS) is 11.3. The largest absolute Gasteiger partial charge is 0.468 e. The van der Waals surface area contributed by atoms with Gasteiger partial charge in [-0.2, -0.15) is 4.31 Å². The second-order valence-corrected chi connectivity index (χ2v) is 8.61. The van der Waals surface area contributed by atoms with Gasteiger partial charge in [-0.1, -0.05) is 11.6 Å². The number of anilines is 1. The Balaban J connectivity index is 1.78. The molecule has 0 aliphatic heterocycles. The molecule has 2 aromatic heterocycles. The van der Waals surface area contributed by atoms with Crippen molar-refractivity contribution in [2.45, 2.75) is 11.4 Å². The number of benzene rings is 1. The van der Waals surface area contributed by atoms with Gasteiger partial charge in [0.15, 0.2) is 0 Å². The van der Waals surface area contributed by atoms with E-state index in [-0.39, 0.29) is 16.6 Å². The number of carbonyl (C=O) groups excluding carboxylic acids is 2. The van der Waals surface area contributed by atoms with Crippen LogP contribution in [-0.4, -0.2) is 43.2 Å². The predicted molar refractivity (Wildman–Crippen MR) is 112 cm³/mol. The summed E-state index contributed by atoms with van der Waals surface area (Å²) in [5.41, 5.74) is 0.707. The Morgan fingerprint density at radius 2 is 1.90 bits per heavy atom. The van der Waals surface area contributed by atoms with Gasteiger partial charge >= 0.3 is 5.97 Å². The Hall–Kier alpha value is -3.21. The fourth-order valence-corrected chi connectivity index (χ4v) is 4.05. The molecule has 2 heterocycles. The Morgan fingerprint density at radius 1 is 1.16 bits per heavy atom. The molecule has 0 aliphatic rings. The van der Waals surface area contributed by atoms with Crippen LogP contribution < -0.4 is 5.32 Å². The topological polar surface area (TPSA) is 119 Å². The van der Waals surface area contributed by atoms with E-state index >= 15 is 0 Å². The molecular formula is C20H18ClN3O6S. The van der Waals surface area contributed by atoms with Crippen molar-refractivity contribution in [1.82, 2.24) is 9.29 Å². The number of esters is 1. The number of nitrogens with one attached hydrogen (secondary N) is 1. The molecule has 3 rings (SSSR count). The van der Waals surface area contributed by atoms with Crippen LogP contribution in [0.4, 0.5) is 5.69 Å². The zero-order chi connectivity index (χ0) is 22.4. The summed E-state index contributed by atoms with van der Waals surface area (Å²) in [5.74, 6) is -0.728. The van der Waals surface area contributed by atoms with Crippen molar-refractivity contribution in [2.75, 3.05) is 19.0 Å². The number of halogens is 1. The van der Waals surface area contributed by atoms with Gasteiger partial charge in [-0.05, 0) is 48.5 Å². The summed E-state index contributed by atoms with van der Waals surface area (Å²) < 4.78 is 37.0. The molecule has 3 aromatic rings. The van der Waals surface area contributed by atoms with Crippen molar-refractivity contribution in [3.8, 4) is 0 Å². The maximum Gasteiger partial charge on any atom is 0.337 e. The smallest absolute Gasteiger partial charge is 0.337 e. The van der Waals surface area contributed by atoms with E-state index in [1.54, 1.807) is 12.1 Å². The molecule has 0 radical (unpaired) electrons. The molecule has 9 nitrogen and oxygen atoms in total. The molecule has 0 saturated carbocycles. The number of aromatic nitrogens is 1. The van der Waals surface area contributed by atoms with Crippen molar-refractivity contribution >= 4 is 39.2 Å². The van der Waals surface area contributed by atoms with E-state index in [4.69, 9.17) is 16.0 Å². The molecule has 1 aromatic carbocycles. The first-order valence-corrected chi connectivity index (χ1v) is 10.7. The number of hydrogen-bond acceptors (Lipinski definition) is 7. The highest BCUT2D eigenvalue weighted by molar-refractivity contribution is 7.89. The van der Waals surface area contributed by atoms with E-state index in [9.17, 15) is 18.0 Å². The highest BCUT2D eigenvalue weighted by atomic mass is 35.5. The maximum atomic E-state index is 13.1. The van der Waals surface area contributed by atoms with Gasteiger partial charge in [0.25, 0.3) is 0 Å². The number of amides is 1. The number of carbonyl (C=O) groups is 2. The number of rotatable bonds is 8. The van der Waals surface area contributed by atoms with Crippen molar-refractivity contribution < 1.29 is 27.2 Å². The molecule has 0 fully saturated rings. The van der Waals surface area contributed by atoms with Crippen LogP contribution in [-0.2, 0) is 26.1 Å². The molecule has 0 saturated heterocycles. The number of methoxy groups -OCH3 is 1. The van der Waals surface area contributed by atoms with Crippen LogP contribution in [0.3, 0.4) is 0 Å². The minimum atomic E-state index is -4.07. The van der Waals surface area contributed by atoms with Crippen LogP contribution in [0.5, 0.6) is 0 Å². The Labute approximate surface area is 183 Å². The summed E-state index contributed by atoms with van der Waals surface area (Å²) in [6.07, 6.45) is 2.53. The molecule has 162 valence electrons. The van der Waals surface area contributed by atoms with E-state index < -0.39 is 28.4 Å². The lowest BCUT2D eigenvalue weighted by Gasteiger charge is -2.20. The number of ether oxygens (including phenoxy) is 1. The lowest BCUT2D eigenvalue weighted by Crippen LogP contribution is -2.37. The summed E-state index contributed by atoms with van der Waals surface area (Å²) in [7, 11) is -2.81. The molecule has 0 aliphatic carbocycles. The third-order valence-corrected chi connectivity index (χ3v) is 6.16. The standard InChI is InChI=1S/C20H18ClN3O6S/c1-29-20(26)14-4-6-15(7-5-14)23-19(25)13-24(12-16-3-2-10-30-16)31(27,28)17-8-9-18(21)22-11-17/h2-11H,12-13H2,1H3,(H,23,25). The average Bonchev–Trinajstić information content (AvgIpc) is 3.27. The lowest BCUT2D eigenvalue weighted by atomic mass is 10.2. The maximum absolute atomic E-state index is 13.1. The van der Waals surface area contributed by atoms with Gasteiger partial charge in [-0.15, -0.1) is 0 Å². The summed E-state index contributed by atoms with van der Waals surface area (Å²) in [4.78, 5) is 27.8. The average molecular weight is 464 g/mol. The highest BCUT2D eigenvalue weighted by Gasteiger charge is 2.28. The number of pyridine rings is 1. The van der Waals surface area contributed by atoms with Gasteiger partial charge in [0.1, 0.15) is 15.8 Å². The molecule has 31 heavy (non-hydrogen) atoms. The molecule has 1 amide bonds. The Kier molecular flexibility index (Phi) is 7.06. The fraction of sp³-hybridized carbons (Fsp3) is 0.150. The minimum absolute atomic E-state index is 0.112. The minimum Gasteiger partial charge on any atom is -0.468 e. The van der Waals surface area contributed by atoms with Gasteiger partial charge in [0.2, 0.25) is 15.9 Å². The molecule has 0 spiro atoms. The molecule has 1 N–H and O–H groups in total. The van der Waals surface area contributed by atoms with Crippen molar-refractivity contribution in [1.29, 1.82) is 0 Å². The molecular weight excluding hydrogens is 446 g/mol. The summed E-state index contributed by atoms with van der Waals surface area (Å²) >= 11 is 5.74. The first-order chi connectivity index (χ1) is 14.8. The number of furan rings is 1. The van der Waals surface area contributed by atoms with Crippen molar-refractivity contribution in [3.05, 3.63) is 77.5 Å². The van der Waals surface area contributed by atoms with E-state index in [0.717, 1.165) is 10.5 Å². The quantitative estimate of drug-likeness (QED) is 0.403. The monoisotopic (exact) mass is 463 g/mol. The van der Waals surface area contributed by atoms with E-state index in [1.807, 2.05) is 0 Å². The van der Waals surface area contributed by atoms with Crippen molar-refractivity contribution in [2.24, 2.45) is 0 Å². The first kappa shape index (κ1) is 22.5.